The van der Waals surface area contributed by atoms with E-state index in [4.69, 9.17) is 10.5 Å². The fourth-order valence-electron chi connectivity index (χ4n) is 1.91. The summed E-state index contributed by atoms with van der Waals surface area (Å²) in [6.45, 7) is 4.31. The Balaban J connectivity index is 2.76. The van der Waals surface area contributed by atoms with Crippen molar-refractivity contribution in [2.75, 3.05) is 19.1 Å². The van der Waals surface area contributed by atoms with Crippen molar-refractivity contribution in [1.29, 1.82) is 0 Å². The van der Waals surface area contributed by atoms with E-state index in [0.717, 1.165) is 17.9 Å². The molecule has 0 heterocycles. The highest BCUT2D eigenvalue weighted by Crippen LogP contribution is 2.22. The second-order valence-corrected chi connectivity index (χ2v) is 5.53. The van der Waals surface area contributed by atoms with Crippen LogP contribution in [0.4, 0.5) is 0 Å². The van der Waals surface area contributed by atoms with Crippen LogP contribution in [0.5, 0.6) is 5.75 Å². The van der Waals surface area contributed by atoms with Gasteiger partial charge in [0.15, 0.2) is 0 Å². The van der Waals surface area contributed by atoms with Crippen LogP contribution in [0, 0.1) is 12.8 Å². The van der Waals surface area contributed by atoms with Gasteiger partial charge in [-0.05, 0) is 42.9 Å². The van der Waals surface area contributed by atoms with E-state index in [9.17, 15) is 0 Å². The summed E-state index contributed by atoms with van der Waals surface area (Å²) in [6, 6.07) is 6.46. The molecule has 1 rings (SSSR count). The summed E-state index contributed by atoms with van der Waals surface area (Å²) < 4.78 is 5.38. The molecular formula is C14H23NOS. The van der Waals surface area contributed by atoms with Gasteiger partial charge in [0, 0.05) is 6.04 Å². The molecule has 2 unspecified atom stereocenters. The van der Waals surface area contributed by atoms with Gasteiger partial charge in [0.2, 0.25) is 0 Å². The van der Waals surface area contributed by atoms with E-state index in [2.05, 4.69) is 32.2 Å². The third-order valence-electron chi connectivity index (χ3n) is 3.05. The number of rotatable bonds is 6. The second-order valence-electron chi connectivity index (χ2n) is 4.62. The number of thioether (sulfide) groups is 1. The van der Waals surface area contributed by atoms with Gasteiger partial charge in [0.25, 0.3) is 0 Å². The van der Waals surface area contributed by atoms with Gasteiger partial charge in [-0.1, -0.05) is 24.6 Å². The molecule has 0 saturated heterocycles. The first-order valence-corrected chi connectivity index (χ1v) is 7.36. The predicted molar refractivity (Wildman–Crippen MR) is 77.0 cm³/mol. The maximum absolute atomic E-state index is 6.24. The zero-order valence-corrected chi connectivity index (χ0v) is 12.0. The maximum atomic E-state index is 6.24. The molecule has 0 aliphatic rings. The lowest BCUT2D eigenvalue weighted by Crippen LogP contribution is -2.32. The van der Waals surface area contributed by atoms with E-state index < -0.39 is 0 Å². The van der Waals surface area contributed by atoms with Crippen LogP contribution in [-0.2, 0) is 6.42 Å². The number of ether oxygens (including phenoxy) is 1. The Morgan fingerprint density at radius 1 is 1.41 bits per heavy atom. The summed E-state index contributed by atoms with van der Waals surface area (Å²) in [7, 11) is 1.71. The summed E-state index contributed by atoms with van der Waals surface area (Å²) in [5.41, 5.74) is 8.71. The summed E-state index contributed by atoms with van der Waals surface area (Å²) in [5, 5.41) is 0. The molecule has 96 valence electrons. The molecule has 2 atom stereocenters. The van der Waals surface area contributed by atoms with Crippen molar-refractivity contribution in [2.45, 2.75) is 26.3 Å². The van der Waals surface area contributed by atoms with Crippen molar-refractivity contribution in [3.63, 3.8) is 0 Å². The molecule has 0 aliphatic carbocycles. The minimum atomic E-state index is 0.193. The minimum absolute atomic E-state index is 0.193. The smallest absolute Gasteiger partial charge is 0.122 e. The largest absolute Gasteiger partial charge is 0.496 e. The quantitative estimate of drug-likeness (QED) is 0.846. The number of methoxy groups -OCH3 is 1. The molecule has 1 aromatic carbocycles. The first kappa shape index (κ1) is 14.4. The molecular weight excluding hydrogens is 230 g/mol. The average molecular weight is 253 g/mol. The Bertz CT molecular complexity index is 354. The Morgan fingerprint density at radius 3 is 2.71 bits per heavy atom. The highest BCUT2D eigenvalue weighted by molar-refractivity contribution is 7.98. The molecule has 0 spiro atoms. The van der Waals surface area contributed by atoms with Gasteiger partial charge in [-0.25, -0.2) is 0 Å². The highest BCUT2D eigenvalue weighted by atomic mass is 32.2. The van der Waals surface area contributed by atoms with Gasteiger partial charge in [0.1, 0.15) is 5.75 Å². The number of nitrogens with two attached hydrogens (primary N) is 1. The van der Waals surface area contributed by atoms with Crippen molar-refractivity contribution >= 4 is 11.8 Å². The normalized spacial score (nSPS) is 14.4. The van der Waals surface area contributed by atoms with Crippen molar-refractivity contribution in [3.05, 3.63) is 29.3 Å². The van der Waals surface area contributed by atoms with E-state index in [1.165, 1.54) is 11.1 Å². The summed E-state index contributed by atoms with van der Waals surface area (Å²) in [6.07, 6.45) is 3.00. The number of hydrogen-bond donors (Lipinski definition) is 1. The SMILES string of the molecule is COc1ccc(C)cc1CC(N)C(C)CSC. The van der Waals surface area contributed by atoms with E-state index in [1.807, 2.05) is 17.8 Å². The molecule has 0 radical (unpaired) electrons. The summed E-state index contributed by atoms with van der Waals surface area (Å²) in [4.78, 5) is 0. The second kappa shape index (κ2) is 6.92. The van der Waals surface area contributed by atoms with Crippen LogP contribution < -0.4 is 10.5 Å². The molecule has 2 N–H and O–H groups in total. The zero-order chi connectivity index (χ0) is 12.8. The Kier molecular flexibility index (Phi) is 5.86. The van der Waals surface area contributed by atoms with Crippen LogP contribution >= 0.6 is 11.8 Å². The molecule has 0 amide bonds. The molecule has 0 bridgehead atoms. The lowest BCUT2D eigenvalue weighted by Gasteiger charge is -2.20. The van der Waals surface area contributed by atoms with E-state index in [1.54, 1.807) is 7.11 Å². The number of hydrogen-bond acceptors (Lipinski definition) is 3. The Labute approximate surface area is 109 Å². The maximum Gasteiger partial charge on any atom is 0.122 e. The van der Waals surface area contributed by atoms with Gasteiger partial charge in [-0.2, -0.15) is 11.8 Å². The summed E-state index contributed by atoms with van der Waals surface area (Å²) in [5.74, 6) is 2.58. The van der Waals surface area contributed by atoms with Crippen molar-refractivity contribution in [3.8, 4) is 5.75 Å². The molecule has 3 heteroatoms. The van der Waals surface area contributed by atoms with E-state index in [0.29, 0.717) is 5.92 Å². The first-order valence-electron chi connectivity index (χ1n) is 5.96. The first-order chi connectivity index (χ1) is 8.08. The third-order valence-corrected chi connectivity index (χ3v) is 3.91. The lowest BCUT2D eigenvalue weighted by atomic mass is 9.96. The van der Waals surface area contributed by atoms with Gasteiger partial charge < -0.3 is 10.5 Å². The standard InChI is InChI=1S/C14H23NOS/c1-10-5-6-14(16-3)12(7-10)8-13(15)11(2)9-17-4/h5-7,11,13H,8-9,15H2,1-4H3. The molecule has 0 saturated carbocycles. The minimum Gasteiger partial charge on any atom is -0.496 e. The molecule has 1 aromatic rings. The van der Waals surface area contributed by atoms with Crippen LogP contribution in [-0.4, -0.2) is 25.2 Å². The van der Waals surface area contributed by atoms with Gasteiger partial charge in [-0.15, -0.1) is 0 Å². The number of aryl methyl sites for hydroxylation is 1. The van der Waals surface area contributed by atoms with Crippen LogP contribution in [0.1, 0.15) is 18.1 Å². The average Bonchev–Trinajstić information content (AvgIpc) is 2.29. The zero-order valence-electron chi connectivity index (χ0n) is 11.2. The Morgan fingerprint density at radius 2 is 2.12 bits per heavy atom. The fourth-order valence-corrected chi connectivity index (χ4v) is 2.68. The molecule has 0 aromatic heterocycles. The summed E-state index contributed by atoms with van der Waals surface area (Å²) >= 11 is 1.85. The van der Waals surface area contributed by atoms with Gasteiger partial charge in [-0.3, -0.25) is 0 Å². The lowest BCUT2D eigenvalue weighted by molar-refractivity contribution is 0.403. The molecule has 0 fully saturated rings. The predicted octanol–water partition coefficient (Wildman–Crippen LogP) is 2.87. The van der Waals surface area contributed by atoms with Crippen molar-refractivity contribution in [2.24, 2.45) is 11.7 Å². The van der Waals surface area contributed by atoms with Crippen LogP contribution in [0.2, 0.25) is 0 Å². The van der Waals surface area contributed by atoms with Crippen LogP contribution in [0.25, 0.3) is 0 Å². The molecule has 0 aliphatic heterocycles. The third kappa shape index (κ3) is 4.25. The van der Waals surface area contributed by atoms with Gasteiger partial charge in [0.05, 0.1) is 7.11 Å². The molecule has 2 nitrogen and oxygen atoms in total. The van der Waals surface area contributed by atoms with Gasteiger partial charge >= 0.3 is 0 Å². The number of benzene rings is 1. The van der Waals surface area contributed by atoms with Crippen molar-refractivity contribution in [1.82, 2.24) is 0 Å². The molecule has 17 heavy (non-hydrogen) atoms. The Hall–Kier alpha value is -0.670. The highest BCUT2D eigenvalue weighted by Gasteiger charge is 2.15. The van der Waals surface area contributed by atoms with Crippen molar-refractivity contribution < 1.29 is 4.74 Å². The topological polar surface area (TPSA) is 35.2 Å². The van der Waals surface area contributed by atoms with E-state index >= 15 is 0 Å². The fraction of sp³-hybridized carbons (Fsp3) is 0.571. The van der Waals surface area contributed by atoms with Crippen LogP contribution in [0.3, 0.4) is 0 Å². The van der Waals surface area contributed by atoms with E-state index in [-0.39, 0.29) is 6.04 Å². The van der Waals surface area contributed by atoms with Crippen LogP contribution in [0.15, 0.2) is 18.2 Å². The monoisotopic (exact) mass is 253 g/mol.